The smallest absolute Gasteiger partial charge is 0.306 e. The molecular formula is C27H44O2. The zero-order chi connectivity index (χ0) is 20.0. The van der Waals surface area contributed by atoms with Crippen LogP contribution in [0.5, 0.6) is 0 Å². The number of carboxylic acid groups (broad SMARTS) is 1. The van der Waals surface area contributed by atoms with Crippen LogP contribution in [-0.4, -0.2) is 11.1 Å². The van der Waals surface area contributed by atoms with Crippen LogP contribution in [0.1, 0.15) is 103 Å². The van der Waals surface area contributed by atoms with E-state index in [4.69, 9.17) is 5.11 Å². The Balaban J connectivity index is 0.891. The van der Waals surface area contributed by atoms with Crippen LogP contribution in [0.4, 0.5) is 0 Å². The van der Waals surface area contributed by atoms with Gasteiger partial charge in [-0.25, -0.2) is 0 Å². The number of carboxylic acids is 1. The van der Waals surface area contributed by atoms with Crippen molar-refractivity contribution in [3.05, 3.63) is 0 Å². The van der Waals surface area contributed by atoms with E-state index in [1.165, 1.54) is 77.0 Å². The van der Waals surface area contributed by atoms with Crippen molar-refractivity contribution in [2.75, 3.05) is 0 Å². The fourth-order valence-corrected chi connectivity index (χ4v) is 7.48. The second-order valence-corrected chi connectivity index (χ2v) is 11.8. The van der Waals surface area contributed by atoms with Gasteiger partial charge in [-0.05, 0) is 85.4 Å². The van der Waals surface area contributed by atoms with Gasteiger partial charge in [0.25, 0.3) is 0 Å². The Hall–Kier alpha value is -0.530. The number of hydrogen-bond acceptors (Lipinski definition) is 1. The van der Waals surface area contributed by atoms with Gasteiger partial charge in [0, 0.05) is 0 Å². The average molecular weight is 401 g/mol. The Kier molecular flexibility index (Phi) is 6.00. The molecule has 5 fully saturated rings. The van der Waals surface area contributed by atoms with Crippen LogP contribution >= 0.6 is 0 Å². The summed E-state index contributed by atoms with van der Waals surface area (Å²) in [5.74, 6) is 8.31. The zero-order valence-corrected chi connectivity index (χ0v) is 18.7. The lowest BCUT2D eigenvalue weighted by Gasteiger charge is -2.03. The van der Waals surface area contributed by atoms with Gasteiger partial charge < -0.3 is 5.11 Å². The topological polar surface area (TPSA) is 37.3 Å². The molecule has 0 spiro atoms. The first-order valence-corrected chi connectivity index (χ1v) is 13.4. The minimum absolute atomic E-state index is 0.0316. The minimum atomic E-state index is -0.526. The van der Waals surface area contributed by atoms with Gasteiger partial charge in [-0.15, -0.1) is 0 Å². The highest BCUT2D eigenvalue weighted by Crippen LogP contribution is 2.72. The largest absolute Gasteiger partial charge is 0.481 e. The molecule has 0 radical (unpaired) electrons. The van der Waals surface area contributed by atoms with Gasteiger partial charge in [0.2, 0.25) is 0 Å². The minimum Gasteiger partial charge on any atom is -0.481 e. The van der Waals surface area contributed by atoms with Crippen LogP contribution in [-0.2, 0) is 4.79 Å². The van der Waals surface area contributed by atoms with Crippen molar-refractivity contribution in [3.8, 4) is 0 Å². The molecule has 5 aliphatic rings. The van der Waals surface area contributed by atoms with Crippen LogP contribution < -0.4 is 0 Å². The summed E-state index contributed by atoms with van der Waals surface area (Å²) < 4.78 is 0. The Morgan fingerprint density at radius 3 is 1.62 bits per heavy atom. The third kappa shape index (κ3) is 4.87. The van der Waals surface area contributed by atoms with E-state index in [1.807, 2.05) is 0 Å². The van der Waals surface area contributed by atoms with Crippen LogP contribution in [0.2, 0.25) is 0 Å². The lowest BCUT2D eigenvalue weighted by atomic mass is 10.0. The van der Waals surface area contributed by atoms with Crippen LogP contribution in [0, 0.1) is 59.2 Å². The third-order valence-electron chi connectivity index (χ3n) is 9.69. The highest BCUT2D eigenvalue weighted by atomic mass is 16.4. The van der Waals surface area contributed by atoms with Crippen LogP contribution in [0.15, 0.2) is 0 Å². The van der Waals surface area contributed by atoms with Gasteiger partial charge in [-0.1, -0.05) is 71.1 Å². The van der Waals surface area contributed by atoms with Crippen LogP contribution in [0.3, 0.4) is 0 Å². The summed E-state index contributed by atoms with van der Waals surface area (Å²) >= 11 is 0. The number of aliphatic carboxylic acids is 1. The first kappa shape index (κ1) is 20.4. The molecule has 0 aromatic heterocycles. The van der Waals surface area contributed by atoms with E-state index in [1.54, 1.807) is 12.8 Å². The number of carbonyl (C=O) groups is 1. The fourth-order valence-electron chi connectivity index (χ4n) is 7.48. The SMILES string of the molecule is CCCCCCCCCCCC1CC1C1CC1C1CC1C1CC1C1CC1C(=O)O. The van der Waals surface area contributed by atoms with E-state index in [2.05, 4.69) is 6.92 Å². The monoisotopic (exact) mass is 400 g/mol. The molecule has 164 valence electrons. The second kappa shape index (κ2) is 8.54. The van der Waals surface area contributed by atoms with Crippen molar-refractivity contribution < 1.29 is 9.90 Å². The van der Waals surface area contributed by atoms with E-state index in [9.17, 15) is 4.79 Å². The van der Waals surface area contributed by atoms with E-state index in [0.717, 1.165) is 53.8 Å². The summed E-state index contributed by atoms with van der Waals surface area (Å²) in [4.78, 5) is 11.1. The van der Waals surface area contributed by atoms with E-state index < -0.39 is 5.97 Å². The summed E-state index contributed by atoms with van der Waals surface area (Å²) in [6.07, 6.45) is 21.6. The summed E-state index contributed by atoms with van der Waals surface area (Å²) in [5, 5.41) is 9.16. The summed E-state index contributed by atoms with van der Waals surface area (Å²) in [6, 6.07) is 0. The van der Waals surface area contributed by atoms with Gasteiger partial charge in [0.05, 0.1) is 5.92 Å². The summed E-state index contributed by atoms with van der Waals surface area (Å²) in [7, 11) is 0. The summed E-state index contributed by atoms with van der Waals surface area (Å²) in [5.41, 5.74) is 0. The molecular weight excluding hydrogens is 356 g/mol. The average Bonchev–Trinajstić information content (AvgIpc) is 3.52. The number of unbranched alkanes of at least 4 members (excludes halogenated alkanes) is 8. The van der Waals surface area contributed by atoms with Gasteiger partial charge in [-0.3, -0.25) is 4.79 Å². The standard InChI is InChI=1S/C27H44O2/c1-2-3-4-5-6-7-8-9-10-11-17-12-18(17)19-13-20(19)21-14-22(21)23-15-24(23)25-16-26(25)27(28)29/h17-26H,2-16H2,1H3,(H,28,29). The highest BCUT2D eigenvalue weighted by molar-refractivity contribution is 5.73. The van der Waals surface area contributed by atoms with Gasteiger partial charge in [0.15, 0.2) is 0 Å². The highest BCUT2D eigenvalue weighted by Gasteiger charge is 2.66. The van der Waals surface area contributed by atoms with E-state index in [-0.39, 0.29) is 5.92 Å². The quantitative estimate of drug-likeness (QED) is 0.296. The molecule has 0 amide bonds. The van der Waals surface area contributed by atoms with Crippen molar-refractivity contribution in [2.45, 2.75) is 103 Å². The van der Waals surface area contributed by atoms with Crippen LogP contribution in [0.25, 0.3) is 0 Å². The fraction of sp³-hybridized carbons (Fsp3) is 0.963. The molecule has 0 aromatic carbocycles. The molecule has 0 heterocycles. The number of rotatable bonds is 15. The normalized spacial score (nSPS) is 46.4. The predicted octanol–water partition coefficient (Wildman–Crippen LogP) is 7.17. The second-order valence-electron chi connectivity index (χ2n) is 11.8. The molecule has 0 saturated heterocycles. The van der Waals surface area contributed by atoms with E-state index >= 15 is 0 Å². The van der Waals surface area contributed by atoms with Crippen molar-refractivity contribution in [3.63, 3.8) is 0 Å². The molecule has 5 aliphatic carbocycles. The first-order chi connectivity index (χ1) is 14.2. The molecule has 2 nitrogen and oxygen atoms in total. The van der Waals surface area contributed by atoms with Crippen molar-refractivity contribution in [1.82, 2.24) is 0 Å². The molecule has 5 saturated carbocycles. The molecule has 2 heteroatoms. The molecule has 1 N–H and O–H groups in total. The van der Waals surface area contributed by atoms with Gasteiger partial charge in [-0.2, -0.15) is 0 Å². The maximum absolute atomic E-state index is 11.1. The Bertz CT molecular complexity index is 585. The first-order valence-electron chi connectivity index (χ1n) is 13.4. The van der Waals surface area contributed by atoms with Gasteiger partial charge in [0.1, 0.15) is 0 Å². The maximum atomic E-state index is 11.1. The Labute approximate surface area is 178 Å². The molecule has 0 aliphatic heterocycles. The Morgan fingerprint density at radius 1 is 0.621 bits per heavy atom. The van der Waals surface area contributed by atoms with Crippen molar-refractivity contribution >= 4 is 5.97 Å². The lowest BCUT2D eigenvalue weighted by Crippen LogP contribution is -2.02. The molecule has 10 atom stereocenters. The Morgan fingerprint density at radius 2 is 1.10 bits per heavy atom. The van der Waals surface area contributed by atoms with E-state index in [0.29, 0.717) is 5.92 Å². The zero-order valence-electron chi connectivity index (χ0n) is 18.7. The predicted molar refractivity (Wildman–Crippen MR) is 117 cm³/mol. The molecule has 0 aromatic rings. The lowest BCUT2D eigenvalue weighted by molar-refractivity contribution is -0.138. The molecule has 0 bridgehead atoms. The molecule has 10 unspecified atom stereocenters. The molecule has 29 heavy (non-hydrogen) atoms. The maximum Gasteiger partial charge on any atom is 0.306 e. The van der Waals surface area contributed by atoms with Gasteiger partial charge >= 0.3 is 5.97 Å². The molecule has 5 rings (SSSR count). The third-order valence-corrected chi connectivity index (χ3v) is 9.69. The number of hydrogen-bond donors (Lipinski definition) is 1. The van der Waals surface area contributed by atoms with Crippen molar-refractivity contribution in [2.24, 2.45) is 59.2 Å². The van der Waals surface area contributed by atoms with Crippen molar-refractivity contribution in [1.29, 1.82) is 0 Å². The summed E-state index contributed by atoms with van der Waals surface area (Å²) in [6.45, 7) is 2.30.